The fourth-order valence-electron chi connectivity index (χ4n) is 2.29. The molecule has 88 valence electrons. The van der Waals surface area contributed by atoms with Crippen molar-refractivity contribution in [2.24, 2.45) is 5.92 Å². The highest BCUT2D eigenvalue weighted by molar-refractivity contribution is 5.85. The van der Waals surface area contributed by atoms with E-state index in [1.807, 2.05) is 37.4 Å². The Morgan fingerprint density at radius 1 is 1.31 bits per heavy atom. The number of carboxylic acids is 1. The summed E-state index contributed by atoms with van der Waals surface area (Å²) in [6.45, 7) is 1.48. The van der Waals surface area contributed by atoms with Crippen LogP contribution in [-0.2, 0) is 4.79 Å². The third-order valence-electron chi connectivity index (χ3n) is 3.05. The molecule has 1 heterocycles. The van der Waals surface area contributed by atoms with E-state index in [-0.39, 0.29) is 24.2 Å². The van der Waals surface area contributed by atoms with Gasteiger partial charge < -0.3 is 10.0 Å². The lowest BCUT2D eigenvalue weighted by atomic mass is 9.89. The van der Waals surface area contributed by atoms with Gasteiger partial charge in [-0.2, -0.15) is 0 Å². The van der Waals surface area contributed by atoms with Crippen LogP contribution in [0.4, 0.5) is 0 Å². The minimum absolute atomic E-state index is 0. The first-order valence-corrected chi connectivity index (χ1v) is 5.15. The summed E-state index contributed by atoms with van der Waals surface area (Å²) in [4.78, 5) is 13.2. The fourth-order valence-corrected chi connectivity index (χ4v) is 2.29. The summed E-state index contributed by atoms with van der Waals surface area (Å²) < 4.78 is 0. The lowest BCUT2D eigenvalue weighted by Crippen LogP contribution is -2.21. The second kappa shape index (κ2) is 5.32. The van der Waals surface area contributed by atoms with Crippen molar-refractivity contribution in [2.45, 2.75) is 5.92 Å². The molecule has 2 unspecified atom stereocenters. The molecule has 0 aliphatic carbocycles. The van der Waals surface area contributed by atoms with Crippen LogP contribution >= 0.6 is 12.4 Å². The van der Waals surface area contributed by atoms with Gasteiger partial charge in [-0.3, -0.25) is 4.79 Å². The van der Waals surface area contributed by atoms with Gasteiger partial charge in [0.05, 0.1) is 5.92 Å². The van der Waals surface area contributed by atoms with Crippen LogP contribution in [0.15, 0.2) is 30.3 Å². The molecule has 1 aromatic carbocycles. The zero-order valence-corrected chi connectivity index (χ0v) is 9.98. The summed E-state index contributed by atoms with van der Waals surface area (Å²) in [6, 6.07) is 9.91. The maximum Gasteiger partial charge on any atom is 0.308 e. The minimum atomic E-state index is -0.687. The molecule has 1 saturated heterocycles. The molecule has 1 aliphatic rings. The molecule has 0 radical (unpaired) electrons. The van der Waals surface area contributed by atoms with Crippen molar-refractivity contribution in [1.82, 2.24) is 4.90 Å². The van der Waals surface area contributed by atoms with Crippen LogP contribution in [0.1, 0.15) is 11.5 Å². The van der Waals surface area contributed by atoms with Gasteiger partial charge in [0, 0.05) is 19.0 Å². The quantitative estimate of drug-likeness (QED) is 0.859. The van der Waals surface area contributed by atoms with Gasteiger partial charge >= 0.3 is 5.97 Å². The largest absolute Gasteiger partial charge is 0.481 e. The Balaban J connectivity index is 0.00000128. The first-order valence-electron chi connectivity index (χ1n) is 5.15. The lowest BCUT2D eigenvalue weighted by molar-refractivity contribution is -0.141. The van der Waals surface area contributed by atoms with Crippen molar-refractivity contribution in [3.63, 3.8) is 0 Å². The van der Waals surface area contributed by atoms with Crippen molar-refractivity contribution >= 4 is 18.4 Å². The molecule has 2 rings (SSSR count). The van der Waals surface area contributed by atoms with E-state index in [0.717, 1.165) is 12.1 Å². The fraction of sp³-hybridized carbons (Fsp3) is 0.417. The number of likely N-dealkylation sites (tertiary alicyclic amines) is 1. The van der Waals surface area contributed by atoms with Crippen molar-refractivity contribution < 1.29 is 9.90 Å². The maximum absolute atomic E-state index is 11.1. The highest BCUT2D eigenvalue weighted by atomic mass is 35.5. The standard InChI is InChI=1S/C12H15NO2.ClH/c1-13-7-10(11(8-13)12(14)15)9-5-3-2-4-6-9;/h2-6,10-11H,7-8H2,1H3,(H,14,15);1H. The molecule has 2 atom stereocenters. The number of carboxylic acid groups (broad SMARTS) is 1. The molecule has 1 aliphatic heterocycles. The third-order valence-corrected chi connectivity index (χ3v) is 3.05. The first kappa shape index (κ1) is 13.0. The summed E-state index contributed by atoms with van der Waals surface area (Å²) in [5.74, 6) is -0.820. The van der Waals surface area contributed by atoms with Crippen molar-refractivity contribution in [1.29, 1.82) is 0 Å². The average Bonchev–Trinajstić information content (AvgIpc) is 2.62. The smallest absolute Gasteiger partial charge is 0.308 e. The Bertz CT molecular complexity index is 355. The Morgan fingerprint density at radius 2 is 1.94 bits per heavy atom. The summed E-state index contributed by atoms with van der Waals surface area (Å²) in [6.07, 6.45) is 0. The van der Waals surface area contributed by atoms with Crippen molar-refractivity contribution in [2.75, 3.05) is 20.1 Å². The van der Waals surface area contributed by atoms with Crippen LogP contribution in [0.25, 0.3) is 0 Å². The van der Waals surface area contributed by atoms with Crippen LogP contribution in [0.2, 0.25) is 0 Å². The number of halogens is 1. The Hall–Kier alpha value is -1.06. The SMILES string of the molecule is CN1CC(C(=O)O)C(c2ccccc2)C1.Cl. The van der Waals surface area contributed by atoms with E-state index in [1.165, 1.54) is 0 Å². The molecule has 0 spiro atoms. The molecule has 16 heavy (non-hydrogen) atoms. The monoisotopic (exact) mass is 241 g/mol. The minimum Gasteiger partial charge on any atom is -0.481 e. The van der Waals surface area contributed by atoms with E-state index in [1.54, 1.807) is 0 Å². The van der Waals surface area contributed by atoms with Crippen LogP contribution in [0, 0.1) is 5.92 Å². The number of rotatable bonds is 2. The Kier molecular flexibility index (Phi) is 4.33. The summed E-state index contributed by atoms with van der Waals surface area (Å²) >= 11 is 0. The van der Waals surface area contributed by atoms with Crippen molar-refractivity contribution in [3.05, 3.63) is 35.9 Å². The van der Waals surface area contributed by atoms with Crippen molar-refractivity contribution in [3.8, 4) is 0 Å². The second-order valence-electron chi connectivity index (χ2n) is 4.18. The van der Waals surface area contributed by atoms with Gasteiger partial charge in [-0.1, -0.05) is 30.3 Å². The number of nitrogens with zero attached hydrogens (tertiary/aromatic N) is 1. The second-order valence-corrected chi connectivity index (χ2v) is 4.18. The molecule has 4 heteroatoms. The summed E-state index contributed by atoms with van der Waals surface area (Å²) in [5, 5.41) is 9.14. The molecule has 0 aromatic heterocycles. The molecular weight excluding hydrogens is 226 g/mol. The molecule has 0 bridgehead atoms. The van der Waals surface area contributed by atoms with Crippen LogP contribution in [0.3, 0.4) is 0 Å². The van der Waals surface area contributed by atoms with Gasteiger partial charge in [-0.05, 0) is 12.6 Å². The van der Waals surface area contributed by atoms with Gasteiger partial charge in [0.1, 0.15) is 0 Å². The van der Waals surface area contributed by atoms with Crippen LogP contribution < -0.4 is 0 Å². The zero-order valence-electron chi connectivity index (χ0n) is 9.17. The van der Waals surface area contributed by atoms with Gasteiger partial charge in [0.2, 0.25) is 0 Å². The number of benzene rings is 1. The maximum atomic E-state index is 11.1. The van der Waals surface area contributed by atoms with E-state index in [4.69, 9.17) is 5.11 Å². The van der Waals surface area contributed by atoms with E-state index >= 15 is 0 Å². The van der Waals surface area contributed by atoms with Gasteiger partial charge in [0.25, 0.3) is 0 Å². The predicted molar refractivity (Wildman–Crippen MR) is 65.1 cm³/mol. The van der Waals surface area contributed by atoms with E-state index < -0.39 is 5.97 Å². The first-order chi connectivity index (χ1) is 7.18. The molecular formula is C12H16ClNO2. The summed E-state index contributed by atoms with van der Waals surface area (Å²) in [7, 11) is 1.97. The third kappa shape index (κ3) is 2.54. The topological polar surface area (TPSA) is 40.5 Å². The normalized spacial score (nSPS) is 25.1. The van der Waals surface area contributed by atoms with Crippen LogP contribution in [-0.4, -0.2) is 36.1 Å². The Labute approximate surface area is 101 Å². The predicted octanol–water partition coefficient (Wildman–Crippen LogP) is 1.84. The van der Waals surface area contributed by atoms with E-state index in [0.29, 0.717) is 6.54 Å². The van der Waals surface area contributed by atoms with Gasteiger partial charge in [-0.25, -0.2) is 0 Å². The zero-order chi connectivity index (χ0) is 10.8. The van der Waals surface area contributed by atoms with Gasteiger partial charge in [0.15, 0.2) is 0 Å². The number of hydrogen-bond donors (Lipinski definition) is 1. The Morgan fingerprint density at radius 3 is 2.50 bits per heavy atom. The number of hydrogen-bond acceptors (Lipinski definition) is 2. The molecule has 3 nitrogen and oxygen atoms in total. The highest BCUT2D eigenvalue weighted by Crippen LogP contribution is 2.31. The molecule has 1 aromatic rings. The molecule has 0 saturated carbocycles. The number of likely N-dealkylation sites (N-methyl/N-ethyl adjacent to an activating group) is 1. The summed E-state index contributed by atoms with van der Waals surface area (Å²) in [5.41, 5.74) is 1.13. The highest BCUT2D eigenvalue weighted by Gasteiger charge is 2.36. The molecule has 1 fully saturated rings. The molecule has 0 amide bonds. The number of aliphatic carboxylic acids is 1. The van der Waals surface area contributed by atoms with E-state index in [9.17, 15) is 4.79 Å². The number of carbonyl (C=O) groups is 1. The van der Waals surface area contributed by atoms with Gasteiger partial charge in [-0.15, -0.1) is 12.4 Å². The van der Waals surface area contributed by atoms with E-state index in [2.05, 4.69) is 4.90 Å². The molecule has 1 N–H and O–H groups in total. The van der Waals surface area contributed by atoms with Crippen LogP contribution in [0.5, 0.6) is 0 Å². The lowest BCUT2D eigenvalue weighted by Gasteiger charge is -2.14. The average molecular weight is 242 g/mol.